The Morgan fingerprint density at radius 1 is 1.23 bits per heavy atom. The number of rotatable bonds is 5. The number of aromatic nitrogens is 1. The fourth-order valence-corrected chi connectivity index (χ4v) is 4.66. The second-order valence-electron chi connectivity index (χ2n) is 8.08. The highest BCUT2D eigenvalue weighted by atomic mass is 16.5. The third-order valence-corrected chi connectivity index (χ3v) is 6.13. The first-order valence-electron chi connectivity index (χ1n) is 10.3. The first-order chi connectivity index (χ1) is 14.4. The lowest BCUT2D eigenvalue weighted by atomic mass is 9.89. The fourth-order valence-electron chi connectivity index (χ4n) is 4.66. The third kappa shape index (κ3) is 3.04. The SMILES string of the molecule is CCOC(=O)C1=CN2C(CC1=O)c1cc3c(OC)c(OC)ccc3n1CC2C(C)C. The maximum atomic E-state index is 12.8. The van der Waals surface area contributed by atoms with Crippen LogP contribution in [0, 0.1) is 5.92 Å². The Morgan fingerprint density at radius 3 is 2.63 bits per heavy atom. The number of Topliss-reactive ketones (excluding diaryl/α,β-unsaturated/α-hetero) is 1. The van der Waals surface area contributed by atoms with Gasteiger partial charge in [0, 0.05) is 36.3 Å². The van der Waals surface area contributed by atoms with E-state index in [9.17, 15) is 9.59 Å². The van der Waals surface area contributed by atoms with Crippen molar-refractivity contribution in [2.45, 2.75) is 45.8 Å². The first kappa shape index (κ1) is 20.3. The average Bonchev–Trinajstić information content (AvgIpc) is 3.10. The summed E-state index contributed by atoms with van der Waals surface area (Å²) in [5, 5.41) is 0.962. The molecule has 0 amide bonds. The number of carbonyl (C=O) groups excluding carboxylic acids is 2. The van der Waals surface area contributed by atoms with Crippen LogP contribution in [-0.2, 0) is 20.9 Å². The predicted molar refractivity (Wildman–Crippen MR) is 113 cm³/mol. The minimum Gasteiger partial charge on any atom is -0.493 e. The van der Waals surface area contributed by atoms with Crippen molar-refractivity contribution in [1.82, 2.24) is 9.47 Å². The molecule has 2 atom stereocenters. The minimum absolute atomic E-state index is 0.139. The van der Waals surface area contributed by atoms with Gasteiger partial charge in [-0.15, -0.1) is 0 Å². The zero-order valence-corrected chi connectivity index (χ0v) is 18.1. The van der Waals surface area contributed by atoms with E-state index < -0.39 is 5.97 Å². The van der Waals surface area contributed by atoms with E-state index in [0.29, 0.717) is 17.4 Å². The van der Waals surface area contributed by atoms with E-state index >= 15 is 0 Å². The molecule has 0 radical (unpaired) electrons. The number of hydrogen-bond donors (Lipinski definition) is 0. The number of nitrogens with zero attached hydrogens (tertiary/aromatic N) is 2. The predicted octanol–water partition coefficient (Wildman–Crippen LogP) is 3.46. The highest BCUT2D eigenvalue weighted by Crippen LogP contribution is 2.45. The minimum atomic E-state index is -0.541. The monoisotopic (exact) mass is 412 g/mol. The lowest BCUT2D eigenvalue weighted by Gasteiger charge is -2.46. The Labute approximate surface area is 176 Å². The molecule has 3 heterocycles. The molecule has 7 nitrogen and oxygen atoms in total. The Hall–Kier alpha value is -2.96. The quantitative estimate of drug-likeness (QED) is 0.553. The van der Waals surface area contributed by atoms with Gasteiger partial charge in [0.1, 0.15) is 5.57 Å². The Morgan fingerprint density at radius 2 is 2.00 bits per heavy atom. The fraction of sp³-hybridized carbons (Fsp3) is 0.478. The van der Waals surface area contributed by atoms with Gasteiger partial charge in [-0.05, 0) is 31.0 Å². The summed E-state index contributed by atoms with van der Waals surface area (Å²) in [6, 6.07) is 6.04. The summed E-state index contributed by atoms with van der Waals surface area (Å²) in [6.45, 7) is 7.07. The number of esters is 1. The van der Waals surface area contributed by atoms with Crippen molar-refractivity contribution in [1.29, 1.82) is 0 Å². The molecular formula is C23H28N2O5. The van der Waals surface area contributed by atoms with Crippen molar-refractivity contribution in [3.63, 3.8) is 0 Å². The molecule has 0 aliphatic carbocycles. The second-order valence-corrected chi connectivity index (χ2v) is 8.08. The van der Waals surface area contributed by atoms with Crippen molar-refractivity contribution in [3.8, 4) is 11.5 Å². The number of methoxy groups -OCH3 is 2. The van der Waals surface area contributed by atoms with Crippen LogP contribution in [0.4, 0.5) is 0 Å². The van der Waals surface area contributed by atoms with Crippen molar-refractivity contribution >= 4 is 22.7 Å². The molecule has 1 aromatic heterocycles. The lowest BCUT2D eigenvalue weighted by Crippen LogP contribution is -2.49. The average molecular weight is 412 g/mol. The molecular weight excluding hydrogens is 384 g/mol. The standard InChI is InChI=1S/C23H28N2O5/c1-6-30-23(27)15-11-24-18(10-20(15)26)17-9-14-16(25(17)12-19(24)13(2)3)7-8-21(28-4)22(14)29-5/h7-9,11,13,18-19H,6,10,12H2,1-5H3. The summed E-state index contributed by atoms with van der Waals surface area (Å²) in [6.07, 6.45) is 1.96. The third-order valence-electron chi connectivity index (χ3n) is 6.13. The van der Waals surface area contributed by atoms with Gasteiger partial charge in [0.2, 0.25) is 0 Å². The van der Waals surface area contributed by atoms with Crippen molar-refractivity contribution in [2.24, 2.45) is 5.92 Å². The van der Waals surface area contributed by atoms with Gasteiger partial charge >= 0.3 is 5.97 Å². The highest BCUT2D eigenvalue weighted by molar-refractivity contribution is 6.17. The first-order valence-corrected chi connectivity index (χ1v) is 10.3. The van der Waals surface area contributed by atoms with Gasteiger partial charge in [-0.1, -0.05) is 13.8 Å². The van der Waals surface area contributed by atoms with Gasteiger partial charge in [-0.3, -0.25) is 4.79 Å². The number of ketones is 1. The van der Waals surface area contributed by atoms with Crippen LogP contribution in [-0.4, -0.2) is 48.1 Å². The van der Waals surface area contributed by atoms with Crippen molar-refractivity contribution in [3.05, 3.63) is 35.7 Å². The second kappa shape index (κ2) is 7.70. The van der Waals surface area contributed by atoms with Crippen LogP contribution in [0.2, 0.25) is 0 Å². The van der Waals surface area contributed by atoms with Crippen LogP contribution in [0.15, 0.2) is 30.0 Å². The molecule has 4 rings (SSSR count). The zero-order valence-electron chi connectivity index (χ0n) is 18.1. The molecule has 0 saturated heterocycles. The summed E-state index contributed by atoms with van der Waals surface area (Å²) in [5.41, 5.74) is 2.24. The molecule has 2 aliphatic rings. The summed E-state index contributed by atoms with van der Waals surface area (Å²) >= 11 is 0. The van der Waals surface area contributed by atoms with Crippen LogP contribution in [0.25, 0.3) is 10.9 Å². The van der Waals surface area contributed by atoms with E-state index in [0.717, 1.165) is 23.1 Å². The van der Waals surface area contributed by atoms with Crippen LogP contribution < -0.4 is 9.47 Å². The van der Waals surface area contributed by atoms with Gasteiger partial charge in [-0.2, -0.15) is 0 Å². The summed E-state index contributed by atoms with van der Waals surface area (Å²) in [7, 11) is 3.26. The Kier molecular flexibility index (Phi) is 5.22. The van der Waals surface area contributed by atoms with Crippen LogP contribution in [0.3, 0.4) is 0 Å². The van der Waals surface area contributed by atoms with Crippen LogP contribution >= 0.6 is 0 Å². The molecule has 0 spiro atoms. The largest absolute Gasteiger partial charge is 0.493 e. The van der Waals surface area contributed by atoms with Gasteiger partial charge in [0.05, 0.1) is 32.4 Å². The van der Waals surface area contributed by atoms with Crippen molar-refractivity contribution < 1.29 is 23.8 Å². The topological polar surface area (TPSA) is 70.0 Å². The summed E-state index contributed by atoms with van der Waals surface area (Å²) in [4.78, 5) is 27.3. The molecule has 0 bridgehead atoms. The molecule has 2 aromatic rings. The van der Waals surface area contributed by atoms with E-state index in [2.05, 4.69) is 29.4 Å². The molecule has 160 valence electrons. The number of benzene rings is 1. The number of fused-ring (bicyclic) bond motifs is 5. The number of ether oxygens (including phenoxy) is 3. The molecule has 0 N–H and O–H groups in total. The van der Waals surface area contributed by atoms with Crippen LogP contribution in [0.1, 0.15) is 38.9 Å². The number of hydrogen-bond acceptors (Lipinski definition) is 6. The molecule has 0 fully saturated rings. The lowest BCUT2D eigenvalue weighted by molar-refractivity contribution is -0.140. The molecule has 7 heteroatoms. The van der Waals surface area contributed by atoms with Crippen LogP contribution in [0.5, 0.6) is 11.5 Å². The smallest absolute Gasteiger partial charge is 0.343 e. The Balaban J connectivity index is 1.87. The van der Waals surface area contributed by atoms with E-state index in [1.54, 1.807) is 27.3 Å². The summed E-state index contributed by atoms with van der Waals surface area (Å²) < 4.78 is 18.5. The van der Waals surface area contributed by atoms with Gasteiger partial charge < -0.3 is 23.7 Å². The molecule has 0 saturated carbocycles. The van der Waals surface area contributed by atoms with E-state index in [1.165, 1.54) is 0 Å². The highest BCUT2D eigenvalue weighted by Gasteiger charge is 2.41. The number of carbonyl (C=O) groups is 2. The van der Waals surface area contributed by atoms with Gasteiger partial charge in [0.25, 0.3) is 0 Å². The molecule has 1 aromatic carbocycles. The molecule has 2 unspecified atom stereocenters. The van der Waals surface area contributed by atoms with Crippen molar-refractivity contribution in [2.75, 3.05) is 20.8 Å². The molecule has 2 aliphatic heterocycles. The maximum Gasteiger partial charge on any atom is 0.343 e. The van der Waals surface area contributed by atoms with E-state index in [4.69, 9.17) is 14.2 Å². The zero-order chi connectivity index (χ0) is 21.6. The summed E-state index contributed by atoms with van der Waals surface area (Å²) in [5.74, 6) is 0.969. The maximum absolute atomic E-state index is 12.8. The Bertz CT molecular complexity index is 1040. The normalized spacial score (nSPS) is 20.7. The van der Waals surface area contributed by atoms with E-state index in [1.807, 2.05) is 12.1 Å². The molecule has 30 heavy (non-hydrogen) atoms. The van der Waals surface area contributed by atoms with E-state index in [-0.39, 0.29) is 36.5 Å². The van der Waals surface area contributed by atoms with Gasteiger partial charge in [0.15, 0.2) is 17.3 Å². The van der Waals surface area contributed by atoms with Gasteiger partial charge in [-0.25, -0.2) is 4.79 Å².